The van der Waals surface area contributed by atoms with Crippen molar-refractivity contribution in [3.05, 3.63) is 11.9 Å². The van der Waals surface area contributed by atoms with Crippen molar-refractivity contribution in [1.29, 1.82) is 0 Å². The van der Waals surface area contributed by atoms with Crippen molar-refractivity contribution in [2.75, 3.05) is 0 Å². The van der Waals surface area contributed by atoms with E-state index in [-0.39, 0.29) is 5.38 Å². The zero-order valence-corrected chi connectivity index (χ0v) is 8.78. The zero-order valence-electron chi connectivity index (χ0n) is 8.03. The minimum absolute atomic E-state index is 0.141. The van der Waals surface area contributed by atoms with E-state index in [4.69, 9.17) is 11.6 Å². The average molecular weight is 204 g/mol. The van der Waals surface area contributed by atoms with E-state index in [1.165, 1.54) is 0 Å². The van der Waals surface area contributed by atoms with E-state index >= 15 is 0 Å². The lowest BCUT2D eigenvalue weighted by Crippen LogP contribution is -2.27. The summed E-state index contributed by atoms with van der Waals surface area (Å²) < 4.78 is 1.62. The number of aromatic nitrogens is 3. The van der Waals surface area contributed by atoms with E-state index in [1.54, 1.807) is 24.7 Å². The fourth-order valence-electron chi connectivity index (χ4n) is 1.06. The normalized spacial score (nSPS) is 14.5. The minimum Gasteiger partial charge on any atom is -0.389 e. The first-order chi connectivity index (χ1) is 5.90. The molecule has 1 rings (SSSR count). The van der Waals surface area contributed by atoms with Gasteiger partial charge >= 0.3 is 0 Å². The highest BCUT2D eigenvalue weighted by Crippen LogP contribution is 2.19. The first-order valence-electron chi connectivity index (χ1n) is 4.15. The summed E-state index contributed by atoms with van der Waals surface area (Å²) in [5, 5.41) is 17.0. The summed E-state index contributed by atoms with van der Waals surface area (Å²) in [4.78, 5) is 0. The maximum absolute atomic E-state index is 9.56. The number of hydrogen-bond acceptors (Lipinski definition) is 3. The summed E-state index contributed by atoms with van der Waals surface area (Å²) in [6.07, 6.45) is 1.61. The van der Waals surface area contributed by atoms with Crippen LogP contribution in [0.15, 0.2) is 6.20 Å². The quantitative estimate of drug-likeness (QED) is 0.755. The van der Waals surface area contributed by atoms with Gasteiger partial charge in [-0.15, -0.1) is 16.7 Å². The van der Waals surface area contributed by atoms with Gasteiger partial charge in [0, 0.05) is 0 Å². The van der Waals surface area contributed by atoms with Crippen LogP contribution in [0, 0.1) is 0 Å². The Labute approximate surface area is 82.5 Å². The van der Waals surface area contributed by atoms with Crippen LogP contribution in [0.5, 0.6) is 0 Å². The van der Waals surface area contributed by atoms with Gasteiger partial charge in [-0.2, -0.15) is 0 Å². The van der Waals surface area contributed by atoms with Crippen molar-refractivity contribution in [2.45, 2.75) is 38.3 Å². The van der Waals surface area contributed by atoms with Gasteiger partial charge in [0.15, 0.2) is 0 Å². The van der Waals surface area contributed by atoms with Crippen molar-refractivity contribution < 1.29 is 5.11 Å². The molecule has 0 aliphatic heterocycles. The number of nitrogens with zero attached hydrogens (tertiary/aromatic N) is 3. The molecule has 0 saturated carbocycles. The first kappa shape index (κ1) is 10.5. The SMILES string of the molecule is CC(Cl)c1cnnn1CC(C)(C)O. The number of alkyl halides is 1. The van der Waals surface area contributed by atoms with Crippen LogP contribution < -0.4 is 0 Å². The Balaban J connectivity index is 2.83. The molecule has 4 nitrogen and oxygen atoms in total. The van der Waals surface area contributed by atoms with E-state index in [1.807, 2.05) is 6.92 Å². The molecule has 0 radical (unpaired) electrons. The average Bonchev–Trinajstić information content (AvgIpc) is 2.31. The summed E-state index contributed by atoms with van der Waals surface area (Å²) >= 11 is 5.90. The maximum Gasteiger partial charge on any atom is 0.0787 e. The van der Waals surface area contributed by atoms with Crippen LogP contribution in [-0.2, 0) is 6.54 Å². The predicted octanol–water partition coefficient (Wildman–Crippen LogP) is 1.35. The van der Waals surface area contributed by atoms with Gasteiger partial charge in [0.1, 0.15) is 0 Å². The molecule has 1 N–H and O–H groups in total. The summed E-state index contributed by atoms with van der Waals surface area (Å²) in [6.45, 7) is 5.69. The minimum atomic E-state index is -0.797. The standard InChI is InChI=1S/C8H14ClN3O/c1-6(9)7-4-10-11-12(7)5-8(2,3)13/h4,6,13H,5H2,1-3H3. The van der Waals surface area contributed by atoms with E-state index in [9.17, 15) is 5.11 Å². The van der Waals surface area contributed by atoms with Crippen LogP contribution in [0.1, 0.15) is 31.8 Å². The Kier molecular flexibility index (Phi) is 2.93. The maximum atomic E-state index is 9.56. The van der Waals surface area contributed by atoms with Crippen molar-refractivity contribution in [2.24, 2.45) is 0 Å². The van der Waals surface area contributed by atoms with Gasteiger partial charge in [-0.3, -0.25) is 0 Å². The summed E-state index contributed by atoms with van der Waals surface area (Å²) in [5.74, 6) is 0. The lowest BCUT2D eigenvalue weighted by Gasteiger charge is -2.18. The van der Waals surface area contributed by atoms with Crippen LogP contribution in [-0.4, -0.2) is 25.7 Å². The second kappa shape index (κ2) is 3.64. The fourth-order valence-corrected chi connectivity index (χ4v) is 1.23. The lowest BCUT2D eigenvalue weighted by atomic mass is 10.1. The number of aliphatic hydroxyl groups is 1. The van der Waals surface area contributed by atoms with Crippen molar-refractivity contribution in [1.82, 2.24) is 15.0 Å². The summed E-state index contributed by atoms with van der Waals surface area (Å²) in [7, 11) is 0. The smallest absolute Gasteiger partial charge is 0.0787 e. The third-order valence-corrected chi connectivity index (χ3v) is 1.82. The fraction of sp³-hybridized carbons (Fsp3) is 0.750. The van der Waals surface area contributed by atoms with Gasteiger partial charge in [-0.1, -0.05) is 5.21 Å². The van der Waals surface area contributed by atoms with Crippen LogP contribution in [0.3, 0.4) is 0 Å². The highest BCUT2D eigenvalue weighted by molar-refractivity contribution is 6.20. The third kappa shape index (κ3) is 2.97. The van der Waals surface area contributed by atoms with Gasteiger partial charge in [-0.05, 0) is 20.8 Å². The Morgan fingerprint density at radius 3 is 2.77 bits per heavy atom. The molecule has 0 saturated heterocycles. The molecule has 5 heteroatoms. The number of halogens is 1. The molecule has 0 amide bonds. The van der Waals surface area contributed by atoms with Gasteiger partial charge < -0.3 is 5.11 Å². The molecule has 13 heavy (non-hydrogen) atoms. The van der Waals surface area contributed by atoms with Gasteiger partial charge in [0.05, 0.1) is 29.4 Å². The lowest BCUT2D eigenvalue weighted by molar-refractivity contribution is 0.0562. The molecule has 1 atom stereocenters. The Morgan fingerprint density at radius 1 is 1.69 bits per heavy atom. The van der Waals surface area contributed by atoms with Crippen LogP contribution in [0.4, 0.5) is 0 Å². The Bertz CT molecular complexity index is 277. The third-order valence-electron chi connectivity index (χ3n) is 1.59. The second-order valence-electron chi connectivity index (χ2n) is 3.74. The molecule has 0 fully saturated rings. The number of hydrogen-bond donors (Lipinski definition) is 1. The topological polar surface area (TPSA) is 50.9 Å². The largest absolute Gasteiger partial charge is 0.389 e. The van der Waals surface area contributed by atoms with E-state index < -0.39 is 5.60 Å². The molecule has 74 valence electrons. The van der Waals surface area contributed by atoms with E-state index in [0.29, 0.717) is 6.54 Å². The first-order valence-corrected chi connectivity index (χ1v) is 4.58. The molecule has 0 aliphatic rings. The zero-order chi connectivity index (χ0) is 10.1. The number of rotatable bonds is 3. The van der Waals surface area contributed by atoms with Crippen LogP contribution in [0.25, 0.3) is 0 Å². The Hall–Kier alpha value is -0.610. The molecular formula is C8H14ClN3O. The van der Waals surface area contributed by atoms with E-state index in [2.05, 4.69) is 10.3 Å². The monoisotopic (exact) mass is 203 g/mol. The van der Waals surface area contributed by atoms with Crippen LogP contribution in [0.2, 0.25) is 0 Å². The highest BCUT2D eigenvalue weighted by atomic mass is 35.5. The summed E-state index contributed by atoms with van der Waals surface area (Å²) in [6, 6.07) is 0. The van der Waals surface area contributed by atoms with Gasteiger partial charge in [0.2, 0.25) is 0 Å². The predicted molar refractivity (Wildman–Crippen MR) is 50.6 cm³/mol. The molecule has 1 unspecified atom stereocenters. The molecule has 0 aliphatic carbocycles. The van der Waals surface area contributed by atoms with Crippen molar-refractivity contribution in [3.8, 4) is 0 Å². The summed E-state index contributed by atoms with van der Waals surface area (Å²) in [5.41, 5.74) is 0.0256. The molecule has 0 aromatic carbocycles. The van der Waals surface area contributed by atoms with E-state index in [0.717, 1.165) is 5.69 Å². The molecule has 1 aromatic heterocycles. The van der Waals surface area contributed by atoms with Crippen molar-refractivity contribution in [3.63, 3.8) is 0 Å². The molecule has 0 spiro atoms. The molecule has 1 aromatic rings. The van der Waals surface area contributed by atoms with Crippen molar-refractivity contribution >= 4 is 11.6 Å². The Morgan fingerprint density at radius 2 is 2.31 bits per heavy atom. The molecule has 0 bridgehead atoms. The highest BCUT2D eigenvalue weighted by Gasteiger charge is 2.18. The molecular weight excluding hydrogens is 190 g/mol. The second-order valence-corrected chi connectivity index (χ2v) is 4.40. The van der Waals surface area contributed by atoms with Gasteiger partial charge in [-0.25, -0.2) is 4.68 Å². The van der Waals surface area contributed by atoms with Crippen LogP contribution >= 0.6 is 11.6 Å². The van der Waals surface area contributed by atoms with Gasteiger partial charge in [0.25, 0.3) is 0 Å². The molecule has 1 heterocycles.